The van der Waals surface area contributed by atoms with E-state index < -0.39 is 4.33 Å². The van der Waals surface area contributed by atoms with E-state index in [1.807, 2.05) is 36.4 Å². The zero-order chi connectivity index (χ0) is 13.7. The molecule has 0 saturated heterocycles. The van der Waals surface area contributed by atoms with Crippen LogP contribution in [0.2, 0.25) is 0 Å². The second-order valence-corrected chi connectivity index (χ2v) is 6.88. The fourth-order valence-electron chi connectivity index (χ4n) is 3.28. The molecular formula is C17H16Cl2. The van der Waals surface area contributed by atoms with Crippen LogP contribution in [0.3, 0.4) is 0 Å². The Bertz CT molecular complexity index is 538. The van der Waals surface area contributed by atoms with Crippen molar-refractivity contribution in [1.29, 1.82) is 0 Å². The third-order valence-electron chi connectivity index (χ3n) is 4.90. The maximum absolute atomic E-state index is 6.69. The molecule has 0 amide bonds. The maximum atomic E-state index is 6.69. The van der Waals surface area contributed by atoms with E-state index in [2.05, 4.69) is 38.1 Å². The van der Waals surface area contributed by atoms with Crippen molar-refractivity contribution in [3.8, 4) is 0 Å². The molecule has 98 valence electrons. The number of halogens is 2. The highest BCUT2D eigenvalue weighted by atomic mass is 35.5. The number of hydrogen-bond acceptors (Lipinski definition) is 0. The molecule has 1 aliphatic carbocycles. The fourth-order valence-corrected chi connectivity index (χ4v) is 4.38. The molecule has 0 unspecified atom stereocenters. The summed E-state index contributed by atoms with van der Waals surface area (Å²) in [5.74, 6) is 0. The first-order chi connectivity index (χ1) is 8.96. The normalized spacial score (nSPS) is 32.0. The van der Waals surface area contributed by atoms with E-state index in [0.29, 0.717) is 0 Å². The summed E-state index contributed by atoms with van der Waals surface area (Å²) >= 11 is 13.4. The van der Waals surface area contributed by atoms with Crippen molar-refractivity contribution in [2.24, 2.45) is 0 Å². The molecule has 0 N–H and O–H groups in total. The Morgan fingerprint density at radius 1 is 0.632 bits per heavy atom. The molecule has 0 aromatic heterocycles. The van der Waals surface area contributed by atoms with Crippen LogP contribution in [0.5, 0.6) is 0 Å². The van der Waals surface area contributed by atoms with Gasteiger partial charge in [-0.05, 0) is 11.1 Å². The van der Waals surface area contributed by atoms with Gasteiger partial charge in [-0.2, -0.15) is 0 Å². The molecular weight excluding hydrogens is 275 g/mol. The Morgan fingerprint density at radius 3 is 1.26 bits per heavy atom. The molecule has 0 bridgehead atoms. The minimum absolute atomic E-state index is 0.272. The van der Waals surface area contributed by atoms with Crippen LogP contribution < -0.4 is 0 Å². The Balaban J connectivity index is 2.15. The highest BCUT2D eigenvalue weighted by Gasteiger charge is 2.82. The van der Waals surface area contributed by atoms with Crippen LogP contribution in [-0.2, 0) is 10.8 Å². The Labute approximate surface area is 124 Å². The molecule has 2 heteroatoms. The first kappa shape index (κ1) is 13.0. The summed E-state index contributed by atoms with van der Waals surface area (Å²) in [6, 6.07) is 20.6. The van der Waals surface area contributed by atoms with Gasteiger partial charge in [0.25, 0.3) is 0 Å². The average Bonchev–Trinajstić information content (AvgIpc) is 2.82. The molecule has 2 aromatic carbocycles. The van der Waals surface area contributed by atoms with Crippen molar-refractivity contribution in [2.75, 3.05) is 0 Å². The molecule has 0 nitrogen and oxygen atoms in total. The van der Waals surface area contributed by atoms with E-state index in [4.69, 9.17) is 23.2 Å². The van der Waals surface area contributed by atoms with Gasteiger partial charge in [0.2, 0.25) is 0 Å². The van der Waals surface area contributed by atoms with Gasteiger partial charge in [-0.25, -0.2) is 0 Å². The van der Waals surface area contributed by atoms with Crippen LogP contribution in [0.25, 0.3) is 0 Å². The van der Waals surface area contributed by atoms with E-state index >= 15 is 0 Å². The van der Waals surface area contributed by atoms with Crippen LogP contribution in [0.1, 0.15) is 25.0 Å². The van der Waals surface area contributed by atoms with Crippen LogP contribution in [0, 0.1) is 0 Å². The number of hydrogen-bond donors (Lipinski definition) is 0. The van der Waals surface area contributed by atoms with Crippen molar-refractivity contribution >= 4 is 23.2 Å². The van der Waals surface area contributed by atoms with Crippen molar-refractivity contribution in [3.05, 3.63) is 71.8 Å². The third-order valence-corrected chi connectivity index (χ3v) is 6.41. The van der Waals surface area contributed by atoms with Crippen LogP contribution in [-0.4, -0.2) is 4.33 Å². The second-order valence-electron chi connectivity index (χ2n) is 5.56. The first-order valence-corrected chi connectivity index (χ1v) is 7.21. The Morgan fingerprint density at radius 2 is 0.947 bits per heavy atom. The smallest absolute Gasteiger partial charge is 0.0996 e. The highest BCUT2D eigenvalue weighted by Crippen LogP contribution is 2.77. The average molecular weight is 291 g/mol. The van der Waals surface area contributed by atoms with E-state index in [9.17, 15) is 0 Å². The monoisotopic (exact) mass is 290 g/mol. The zero-order valence-electron chi connectivity index (χ0n) is 11.0. The summed E-state index contributed by atoms with van der Waals surface area (Å²) in [5, 5.41) is 0. The van der Waals surface area contributed by atoms with Gasteiger partial charge >= 0.3 is 0 Å². The molecule has 0 heterocycles. The predicted octanol–water partition coefficient (Wildman–Crippen LogP) is 5.09. The standard InChI is InChI=1S/C17H16Cl2/c1-15(13-9-5-3-6-10-13)16(2,17(15,18)19)14-11-7-4-8-12-14/h3-12H,1-2H3/t15-,16-/m1/s1. The number of alkyl halides is 2. The van der Waals surface area contributed by atoms with Gasteiger partial charge in [0.05, 0.1) is 0 Å². The largest absolute Gasteiger partial charge is 0.138 e. The van der Waals surface area contributed by atoms with Gasteiger partial charge in [0, 0.05) is 10.8 Å². The van der Waals surface area contributed by atoms with Gasteiger partial charge in [0.1, 0.15) is 4.33 Å². The number of rotatable bonds is 2. The maximum Gasteiger partial charge on any atom is 0.138 e. The topological polar surface area (TPSA) is 0 Å². The van der Waals surface area contributed by atoms with Crippen LogP contribution in [0.15, 0.2) is 60.7 Å². The molecule has 1 saturated carbocycles. The lowest BCUT2D eigenvalue weighted by molar-refractivity contribution is 0.620. The minimum Gasteiger partial charge on any atom is -0.0996 e. The molecule has 0 radical (unpaired) electrons. The lowest BCUT2D eigenvalue weighted by atomic mass is 9.84. The van der Waals surface area contributed by atoms with E-state index in [0.717, 1.165) is 0 Å². The van der Waals surface area contributed by atoms with Crippen molar-refractivity contribution in [3.63, 3.8) is 0 Å². The predicted molar refractivity (Wildman–Crippen MR) is 82.0 cm³/mol. The molecule has 19 heavy (non-hydrogen) atoms. The SMILES string of the molecule is C[C@]1(c2ccccc2)C(Cl)(Cl)[C@]1(C)c1ccccc1. The number of benzene rings is 2. The minimum atomic E-state index is -0.789. The second kappa shape index (κ2) is 4.01. The summed E-state index contributed by atoms with van der Waals surface area (Å²) in [5.41, 5.74) is 1.83. The molecule has 1 aliphatic rings. The molecule has 2 aromatic rings. The molecule has 3 rings (SSSR count). The van der Waals surface area contributed by atoms with Crippen molar-refractivity contribution < 1.29 is 0 Å². The van der Waals surface area contributed by atoms with Crippen molar-refractivity contribution in [2.45, 2.75) is 29.0 Å². The third kappa shape index (κ3) is 1.42. The van der Waals surface area contributed by atoms with Gasteiger partial charge in [-0.15, -0.1) is 0 Å². The Hall–Kier alpha value is -0.980. The lowest BCUT2D eigenvalue weighted by Crippen LogP contribution is -2.15. The molecule has 2 atom stereocenters. The molecule has 1 fully saturated rings. The van der Waals surface area contributed by atoms with Crippen LogP contribution in [0.4, 0.5) is 0 Å². The fraction of sp³-hybridized carbons (Fsp3) is 0.294. The van der Waals surface area contributed by atoms with Crippen LogP contribution >= 0.6 is 23.2 Å². The summed E-state index contributed by atoms with van der Waals surface area (Å²) < 4.78 is -0.789. The van der Waals surface area contributed by atoms with E-state index in [1.54, 1.807) is 0 Å². The van der Waals surface area contributed by atoms with Gasteiger partial charge in [-0.3, -0.25) is 0 Å². The molecule has 0 spiro atoms. The van der Waals surface area contributed by atoms with E-state index in [-0.39, 0.29) is 10.8 Å². The summed E-state index contributed by atoms with van der Waals surface area (Å²) in [4.78, 5) is 0. The Kier molecular flexibility index (Phi) is 2.75. The van der Waals surface area contributed by atoms with E-state index in [1.165, 1.54) is 11.1 Å². The summed E-state index contributed by atoms with van der Waals surface area (Å²) in [6.45, 7) is 4.30. The van der Waals surface area contributed by atoms with Gasteiger partial charge in [0.15, 0.2) is 0 Å². The quantitative estimate of drug-likeness (QED) is 0.676. The van der Waals surface area contributed by atoms with Gasteiger partial charge in [-0.1, -0.05) is 97.7 Å². The summed E-state index contributed by atoms with van der Waals surface area (Å²) in [6.07, 6.45) is 0. The van der Waals surface area contributed by atoms with Crippen molar-refractivity contribution in [1.82, 2.24) is 0 Å². The summed E-state index contributed by atoms with van der Waals surface area (Å²) in [7, 11) is 0. The lowest BCUT2D eigenvalue weighted by Gasteiger charge is -2.18. The highest BCUT2D eigenvalue weighted by molar-refractivity contribution is 6.54. The first-order valence-electron chi connectivity index (χ1n) is 6.45. The molecule has 0 aliphatic heterocycles. The van der Waals surface area contributed by atoms with Gasteiger partial charge < -0.3 is 0 Å². The zero-order valence-corrected chi connectivity index (χ0v) is 12.5.